The fourth-order valence-corrected chi connectivity index (χ4v) is 6.89. The summed E-state index contributed by atoms with van der Waals surface area (Å²) in [5.41, 5.74) is 3.19. The van der Waals surface area contributed by atoms with Gasteiger partial charge in [0.2, 0.25) is 0 Å². The van der Waals surface area contributed by atoms with Crippen LogP contribution in [0.1, 0.15) is 110 Å². The van der Waals surface area contributed by atoms with Crippen molar-refractivity contribution in [2.45, 2.75) is 102 Å². The zero-order valence-electron chi connectivity index (χ0n) is 24.1. The maximum Gasteiger partial charge on any atom is 0.258 e. The molecule has 1 aliphatic carbocycles. The van der Waals surface area contributed by atoms with Gasteiger partial charge in [-0.15, -0.1) is 0 Å². The summed E-state index contributed by atoms with van der Waals surface area (Å²) in [5.74, 6) is -0.0404. The van der Waals surface area contributed by atoms with Gasteiger partial charge in [0.25, 0.3) is 11.8 Å². The molecule has 2 N–H and O–H groups in total. The highest BCUT2D eigenvalue weighted by Crippen LogP contribution is 2.30. The van der Waals surface area contributed by atoms with E-state index in [2.05, 4.69) is 20.5 Å². The third-order valence-corrected chi connectivity index (χ3v) is 9.09. The maximum absolute atomic E-state index is 13.6. The van der Waals surface area contributed by atoms with Gasteiger partial charge in [-0.2, -0.15) is 0 Å². The second kappa shape index (κ2) is 14.7. The molecule has 1 unspecified atom stereocenters. The molecule has 1 aromatic heterocycles. The number of hydrogen-bond acceptors (Lipinski definition) is 5. The number of hydrogen-bond donors (Lipinski definition) is 2. The molecule has 216 valence electrons. The molecule has 2 aromatic rings. The van der Waals surface area contributed by atoms with Crippen LogP contribution in [-0.4, -0.2) is 60.0 Å². The largest absolute Gasteiger partial charge is 0.352 e. The van der Waals surface area contributed by atoms with Crippen molar-refractivity contribution < 1.29 is 9.59 Å². The lowest BCUT2D eigenvalue weighted by Crippen LogP contribution is -2.46. The summed E-state index contributed by atoms with van der Waals surface area (Å²) >= 11 is 0. The topological polar surface area (TPSA) is 77.6 Å². The molecule has 1 atom stereocenters. The number of nitrogens with zero attached hydrogens (tertiary/aromatic N) is 3. The van der Waals surface area contributed by atoms with Gasteiger partial charge in [0.05, 0.1) is 0 Å². The average Bonchev–Trinajstić information content (AvgIpc) is 3.53. The molecule has 40 heavy (non-hydrogen) atoms. The van der Waals surface area contributed by atoms with Crippen LogP contribution in [0.3, 0.4) is 0 Å². The highest BCUT2D eigenvalue weighted by molar-refractivity contribution is 6.06. The molecule has 5 rings (SSSR count). The van der Waals surface area contributed by atoms with Crippen LogP contribution in [0, 0.1) is 0 Å². The van der Waals surface area contributed by atoms with E-state index in [9.17, 15) is 9.59 Å². The summed E-state index contributed by atoms with van der Waals surface area (Å²) in [6, 6.07) is 10.7. The minimum absolute atomic E-state index is 0.0165. The first-order chi connectivity index (χ1) is 19.7. The Hall–Kier alpha value is -2.77. The number of piperidine rings is 1. The van der Waals surface area contributed by atoms with Gasteiger partial charge in [-0.1, -0.05) is 38.5 Å². The highest BCUT2D eigenvalue weighted by atomic mass is 16.2. The standard InChI is InChI=1S/C33H47N5O2/c39-32(36-21-17-30-12-6-9-22-37(30)29-10-4-5-11-29)27-13-14-31-28(24-27)25-35-18-7-2-1-3-8-23-38(31)33(40)26-15-19-34-20-16-26/h13-16,19-20,24,29-30,35H,1-12,17-18,21-23,25H2,(H,36,39). The first kappa shape index (κ1) is 28.7. The Labute approximate surface area is 240 Å². The van der Waals surface area contributed by atoms with Crippen LogP contribution in [0.2, 0.25) is 0 Å². The third kappa shape index (κ3) is 7.49. The number of pyridine rings is 1. The first-order valence-corrected chi connectivity index (χ1v) is 15.8. The molecule has 3 heterocycles. The lowest BCUT2D eigenvalue weighted by molar-refractivity contribution is 0.0859. The zero-order valence-corrected chi connectivity index (χ0v) is 24.1. The summed E-state index contributed by atoms with van der Waals surface area (Å²) in [4.78, 5) is 35.6. The van der Waals surface area contributed by atoms with Crippen LogP contribution >= 0.6 is 0 Å². The maximum atomic E-state index is 13.6. The van der Waals surface area contributed by atoms with E-state index in [1.165, 1.54) is 64.3 Å². The average molecular weight is 546 g/mol. The normalized spacial score (nSPS) is 21.7. The Morgan fingerprint density at radius 1 is 0.850 bits per heavy atom. The van der Waals surface area contributed by atoms with Gasteiger partial charge in [0.1, 0.15) is 0 Å². The number of nitrogens with one attached hydrogen (secondary N) is 2. The van der Waals surface area contributed by atoms with E-state index < -0.39 is 0 Å². The molecule has 1 aromatic carbocycles. The van der Waals surface area contributed by atoms with Crippen molar-refractivity contribution in [2.24, 2.45) is 0 Å². The van der Waals surface area contributed by atoms with Crippen LogP contribution in [0.4, 0.5) is 5.69 Å². The van der Waals surface area contributed by atoms with Gasteiger partial charge in [-0.3, -0.25) is 19.5 Å². The van der Waals surface area contributed by atoms with E-state index in [1.807, 2.05) is 23.1 Å². The molecule has 0 bridgehead atoms. The number of rotatable bonds is 6. The van der Waals surface area contributed by atoms with Crippen molar-refractivity contribution in [1.29, 1.82) is 0 Å². The van der Waals surface area contributed by atoms with Gasteiger partial charge in [-0.05, 0) is 93.9 Å². The summed E-state index contributed by atoms with van der Waals surface area (Å²) in [6.45, 7) is 4.16. The Kier molecular flexibility index (Phi) is 10.6. The Balaban J connectivity index is 1.28. The lowest BCUT2D eigenvalue weighted by atomic mass is 9.96. The summed E-state index contributed by atoms with van der Waals surface area (Å²) < 4.78 is 0. The van der Waals surface area contributed by atoms with Gasteiger partial charge in [-0.25, -0.2) is 0 Å². The number of fused-ring (bicyclic) bond motifs is 1. The third-order valence-electron chi connectivity index (χ3n) is 9.09. The van der Waals surface area contributed by atoms with E-state index in [1.54, 1.807) is 24.5 Å². The van der Waals surface area contributed by atoms with Crippen LogP contribution < -0.4 is 15.5 Å². The highest BCUT2D eigenvalue weighted by Gasteiger charge is 2.30. The molecule has 3 aliphatic rings. The van der Waals surface area contributed by atoms with Gasteiger partial charge in [0, 0.05) is 60.9 Å². The molecular formula is C33H47N5O2. The number of amides is 2. The fourth-order valence-electron chi connectivity index (χ4n) is 6.89. The molecule has 2 fully saturated rings. The van der Waals surface area contributed by atoms with Crippen LogP contribution in [-0.2, 0) is 6.54 Å². The van der Waals surface area contributed by atoms with E-state index >= 15 is 0 Å². The quantitative estimate of drug-likeness (QED) is 0.487. The molecule has 2 aliphatic heterocycles. The van der Waals surface area contributed by atoms with E-state index in [4.69, 9.17) is 0 Å². The lowest BCUT2D eigenvalue weighted by Gasteiger charge is -2.40. The van der Waals surface area contributed by atoms with Crippen LogP contribution in [0.5, 0.6) is 0 Å². The smallest absolute Gasteiger partial charge is 0.258 e. The number of likely N-dealkylation sites (tertiary alicyclic amines) is 1. The Morgan fingerprint density at radius 3 is 2.45 bits per heavy atom. The monoisotopic (exact) mass is 545 g/mol. The zero-order chi connectivity index (χ0) is 27.6. The van der Waals surface area contributed by atoms with Gasteiger partial charge < -0.3 is 15.5 Å². The molecule has 1 saturated carbocycles. The van der Waals surface area contributed by atoms with Crippen molar-refractivity contribution in [3.8, 4) is 0 Å². The molecular weight excluding hydrogens is 498 g/mol. The van der Waals surface area contributed by atoms with E-state index in [0.717, 1.165) is 49.5 Å². The molecule has 0 radical (unpaired) electrons. The van der Waals surface area contributed by atoms with E-state index in [0.29, 0.717) is 36.8 Å². The minimum Gasteiger partial charge on any atom is -0.352 e. The predicted molar refractivity (Wildman–Crippen MR) is 161 cm³/mol. The summed E-state index contributed by atoms with van der Waals surface area (Å²) in [5, 5.41) is 6.78. The molecule has 1 saturated heterocycles. The second-order valence-electron chi connectivity index (χ2n) is 11.9. The number of carbonyl (C=O) groups is 2. The number of aromatic nitrogens is 1. The number of carbonyl (C=O) groups excluding carboxylic acids is 2. The Morgan fingerprint density at radius 2 is 1.60 bits per heavy atom. The number of benzene rings is 1. The fraction of sp³-hybridized carbons (Fsp3) is 0.606. The molecule has 7 nitrogen and oxygen atoms in total. The first-order valence-electron chi connectivity index (χ1n) is 15.8. The predicted octanol–water partition coefficient (Wildman–Crippen LogP) is 5.70. The van der Waals surface area contributed by atoms with Gasteiger partial charge in [0.15, 0.2) is 0 Å². The molecule has 0 spiro atoms. The van der Waals surface area contributed by atoms with Crippen LogP contribution in [0.15, 0.2) is 42.7 Å². The summed E-state index contributed by atoms with van der Waals surface area (Å²) in [7, 11) is 0. The van der Waals surface area contributed by atoms with Crippen molar-refractivity contribution in [3.63, 3.8) is 0 Å². The molecule has 2 amide bonds. The number of anilines is 1. The van der Waals surface area contributed by atoms with Crippen LogP contribution in [0.25, 0.3) is 0 Å². The van der Waals surface area contributed by atoms with Crippen molar-refractivity contribution >= 4 is 17.5 Å². The minimum atomic E-state index is -0.0239. The summed E-state index contributed by atoms with van der Waals surface area (Å²) in [6.07, 6.45) is 19.2. The molecule has 7 heteroatoms. The van der Waals surface area contributed by atoms with Gasteiger partial charge >= 0.3 is 0 Å². The van der Waals surface area contributed by atoms with Crippen molar-refractivity contribution in [2.75, 3.05) is 31.1 Å². The van der Waals surface area contributed by atoms with Crippen molar-refractivity contribution in [1.82, 2.24) is 20.5 Å². The Bertz CT molecular complexity index is 1100. The SMILES string of the molecule is O=C(NCCC1CCCCN1C1CCCC1)c1ccc2c(c1)CNCCCCCCCN2C(=O)c1ccncc1. The second-order valence-corrected chi connectivity index (χ2v) is 11.9. The van der Waals surface area contributed by atoms with Crippen molar-refractivity contribution in [3.05, 3.63) is 59.4 Å². The van der Waals surface area contributed by atoms with E-state index in [-0.39, 0.29) is 11.8 Å².